The van der Waals surface area contributed by atoms with E-state index in [4.69, 9.17) is 4.74 Å². The number of methoxy groups -OCH3 is 1. The molecule has 1 amide bonds. The van der Waals surface area contributed by atoms with Crippen molar-refractivity contribution >= 4 is 11.6 Å². The molecule has 3 heteroatoms. The second kappa shape index (κ2) is 6.72. The number of hydrogen-bond acceptors (Lipinski definition) is 2. The molecule has 0 aliphatic carbocycles. The number of allylic oxidation sites excluding steroid dienone is 2. The van der Waals surface area contributed by atoms with E-state index in [1.54, 1.807) is 7.11 Å². The highest BCUT2D eigenvalue weighted by atomic mass is 16.5. The van der Waals surface area contributed by atoms with Crippen LogP contribution in [0.5, 0.6) is 0 Å². The molecule has 0 radical (unpaired) electrons. The summed E-state index contributed by atoms with van der Waals surface area (Å²) in [6.07, 6.45) is 6.50. The molecule has 112 valence electrons. The third kappa shape index (κ3) is 2.79. The summed E-state index contributed by atoms with van der Waals surface area (Å²) in [5, 5.41) is 3.05. The Morgan fingerprint density at radius 1 is 1.24 bits per heavy atom. The van der Waals surface area contributed by atoms with Crippen LogP contribution < -0.4 is 5.32 Å². The number of carbonyl (C=O) groups is 1. The summed E-state index contributed by atoms with van der Waals surface area (Å²) in [5.41, 5.74) is 1.33. The van der Waals surface area contributed by atoms with Crippen LogP contribution in [-0.4, -0.2) is 13.0 Å². The number of hydrogen-bond donors (Lipinski definition) is 1. The van der Waals surface area contributed by atoms with Gasteiger partial charge in [0.15, 0.2) is 0 Å². The van der Waals surface area contributed by atoms with Gasteiger partial charge in [-0.1, -0.05) is 30.4 Å². The van der Waals surface area contributed by atoms with Crippen molar-refractivity contribution < 1.29 is 9.53 Å². The molecule has 0 unspecified atom stereocenters. The van der Waals surface area contributed by atoms with Gasteiger partial charge in [-0.25, -0.2) is 0 Å². The zero-order chi connectivity index (χ0) is 15.3. The van der Waals surface area contributed by atoms with Gasteiger partial charge >= 0.3 is 0 Å². The minimum atomic E-state index is -0.564. The Balaban J connectivity index is 2.47. The molecule has 0 spiro atoms. The van der Waals surface area contributed by atoms with Crippen molar-refractivity contribution in [2.45, 2.75) is 31.8 Å². The van der Waals surface area contributed by atoms with Gasteiger partial charge in [-0.05, 0) is 31.7 Å². The van der Waals surface area contributed by atoms with E-state index in [2.05, 4.69) is 18.5 Å². The molecule has 0 saturated carbocycles. The lowest BCUT2D eigenvalue weighted by Gasteiger charge is -2.43. The largest absolute Gasteiger partial charge is 0.376 e. The van der Waals surface area contributed by atoms with Gasteiger partial charge in [0.1, 0.15) is 0 Å². The molecule has 1 heterocycles. The van der Waals surface area contributed by atoms with Gasteiger partial charge in [0.25, 0.3) is 0 Å². The van der Waals surface area contributed by atoms with Gasteiger partial charge in [-0.3, -0.25) is 4.79 Å². The van der Waals surface area contributed by atoms with Crippen LogP contribution in [0.2, 0.25) is 0 Å². The number of nitrogens with one attached hydrogen (secondary N) is 1. The Morgan fingerprint density at radius 2 is 1.86 bits per heavy atom. The number of para-hydroxylation sites is 1. The summed E-state index contributed by atoms with van der Waals surface area (Å²) in [7, 11) is 1.68. The minimum absolute atomic E-state index is 0.0387. The van der Waals surface area contributed by atoms with E-state index in [1.165, 1.54) is 0 Å². The van der Waals surface area contributed by atoms with Crippen molar-refractivity contribution in [2.24, 2.45) is 5.41 Å². The first-order chi connectivity index (χ1) is 10.2. The van der Waals surface area contributed by atoms with Crippen LogP contribution in [0, 0.1) is 5.41 Å². The predicted octanol–water partition coefficient (Wildman–Crippen LogP) is 4.25. The summed E-state index contributed by atoms with van der Waals surface area (Å²) < 4.78 is 5.77. The second-order valence-corrected chi connectivity index (χ2v) is 5.47. The van der Waals surface area contributed by atoms with Gasteiger partial charge in [0.2, 0.25) is 5.91 Å². The lowest BCUT2D eigenvalue weighted by molar-refractivity contribution is -0.137. The van der Waals surface area contributed by atoms with Gasteiger partial charge in [-0.2, -0.15) is 0 Å². The minimum Gasteiger partial charge on any atom is -0.376 e. The fourth-order valence-corrected chi connectivity index (χ4v) is 3.19. The summed E-state index contributed by atoms with van der Waals surface area (Å²) in [5.74, 6) is 0.0387. The van der Waals surface area contributed by atoms with Gasteiger partial charge in [-0.15, -0.1) is 13.2 Å². The number of benzene rings is 1. The highest BCUT2D eigenvalue weighted by molar-refractivity contribution is 5.99. The molecule has 0 saturated heterocycles. The highest BCUT2D eigenvalue weighted by Gasteiger charge is 2.49. The molecule has 1 atom stereocenters. The first kappa shape index (κ1) is 15.5. The quantitative estimate of drug-likeness (QED) is 0.761. The van der Waals surface area contributed by atoms with Crippen molar-refractivity contribution in [2.75, 3.05) is 12.4 Å². The SMILES string of the molecule is C=CCCC1(CCC=C)C(=O)Nc2ccccc2[C@@H]1OC. The third-order valence-corrected chi connectivity index (χ3v) is 4.27. The molecule has 1 N–H and O–H groups in total. The predicted molar refractivity (Wildman–Crippen MR) is 86.1 cm³/mol. The molecule has 0 fully saturated rings. The normalized spacial score (nSPS) is 19.5. The maximum atomic E-state index is 12.8. The van der Waals surface area contributed by atoms with E-state index in [-0.39, 0.29) is 12.0 Å². The van der Waals surface area contributed by atoms with Crippen LogP contribution in [0.4, 0.5) is 5.69 Å². The van der Waals surface area contributed by atoms with Crippen molar-refractivity contribution in [1.82, 2.24) is 0 Å². The summed E-state index contributed by atoms with van der Waals surface area (Å²) >= 11 is 0. The number of rotatable bonds is 7. The maximum Gasteiger partial charge on any atom is 0.233 e. The van der Waals surface area contributed by atoms with Gasteiger partial charge < -0.3 is 10.1 Å². The van der Waals surface area contributed by atoms with E-state index in [0.717, 1.165) is 36.9 Å². The van der Waals surface area contributed by atoms with Gasteiger partial charge in [0.05, 0.1) is 11.5 Å². The van der Waals surface area contributed by atoms with E-state index < -0.39 is 5.41 Å². The van der Waals surface area contributed by atoms with Crippen molar-refractivity contribution in [3.8, 4) is 0 Å². The lowest BCUT2D eigenvalue weighted by Crippen LogP contribution is -2.45. The van der Waals surface area contributed by atoms with Crippen LogP contribution in [0.1, 0.15) is 37.4 Å². The van der Waals surface area contributed by atoms with Crippen LogP contribution >= 0.6 is 0 Å². The molecule has 1 aliphatic heterocycles. The lowest BCUT2D eigenvalue weighted by atomic mass is 9.69. The summed E-state index contributed by atoms with van der Waals surface area (Å²) in [6.45, 7) is 7.57. The molecule has 0 bridgehead atoms. The molecule has 1 aromatic rings. The average Bonchev–Trinajstić information content (AvgIpc) is 2.51. The highest BCUT2D eigenvalue weighted by Crippen LogP contribution is 2.50. The van der Waals surface area contributed by atoms with E-state index in [9.17, 15) is 4.79 Å². The summed E-state index contributed by atoms with van der Waals surface area (Å²) in [4.78, 5) is 12.8. The maximum absolute atomic E-state index is 12.8. The standard InChI is InChI=1S/C18H23NO2/c1-4-6-12-18(13-7-5-2)16(21-3)14-10-8-9-11-15(14)19-17(18)20/h4-5,8-11,16H,1-2,6-7,12-13H2,3H3,(H,19,20)/t16-/m0/s1. The van der Waals surface area contributed by atoms with Crippen LogP contribution in [-0.2, 0) is 9.53 Å². The molecular weight excluding hydrogens is 262 g/mol. The monoisotopic (exact) mass is 285 g/mol. The zero-order valence-corrected chi connectivity index (χ0v) is 12.6. The average molecular weight is 285 g/mol. The van der Waals surface area contributed by atoms with E-state index in [0.29, 0.717) is 0 Å². The third-order valence-electron chi connectivity index (χ3n) is 4.27. The molecule has 2 rings (SSSR count). The topological polar surface area (TPSA) is 38.3 Å². The molecule has 0 aromatic heterocycles. The Kier molecular flexibility index (Phi) is 4.97. The Bertz CT molecular complexity index is 524. The molecule has 1 aliphatic rings. The molecular formula is C18H23NO2. The van der Waals surface area contributed by atoms with E-state index in [1.807, 2.05) is 36.4 Å². The second-order valence-electron chi connectivity index (χ2n) is 5.47. The Labute approximate surface area is 126 Å². The Hall–Kier alpha value is -1.87. The summed E-state index contributed by atoms with van der Waals surface area (Å²) in [6, 6.07) is 7.85. The number of ether oxygens (including phenoxy) is 1. The number of carbonyl (C=O) groups excluding carboxylic acids is 1. The molecule has 1 aromatic carbocycles. The van der Waals surface area contributed by atoms with Crippen molar-refractivity contribution in [1.29, 1.82) is 0 Å². The Morgan fingerprint density at radius 3 is 2.43 bits per heavy atom. The van der Waals surface area contributed by atoms with Crippen molar-refractivity contribution in [3.05, 3.63) is 55.1 Å². The number of amides is 1. The van der Waals surface area contributed by atoms with Crippen LogP contribution in [0.25, 0.3) is 0 Å². The zero-order valence-electron chi connectivity index (χ0n) is 12.6. The molecule has 3 nitrogen and oxygen atoms in total. The first-order valence-corrected chi connectivity index (χ1v) is 7.34. The number of fused-ring (bicyclic) bond motifs is 1. The van der Waals surface area contributed by atoms with Crippen LogP contribution in [0.15, 0.2) is 49.6 Å². The smallest absolute Gasteiger partial charge is 0.233 e. The fourth-order valence-electron chi connectivity index (χ4n) is 3.19. The molecule has 21 heavy (non-hydrogen) atoms. The fraction of sp³-hybridized carbons (Fsp3) is 0.389. The van der Waals surface area contributed by atoms with E-state index >= 15 is 0 Å². The van der Waals surface area contributed by atoms with Gasteiger partial charge in [0, 0.05) is 18.4 Å². The number of anilines is 1. The van der Waals surface area contributed by atoms with Crippen LogP contribution in [0.3, 0.4) is 0 Å². The first-order valence-electron chi connectivity index (χ1n) is 7.34. The van der Waals surface area contributed by atoms with Crippen molar-refractivity contribution in [3.63, 3.8) is 0 Å².